The topological polar surface area (TPSA) is 84.0 Å². The van der Waals surface area contributed by atoms with E-state index in [1.165, 1.54) is 0 Å². The van der Waals surface area contributed by atoms with Crippen molar-refractivity contribution in [2.75, 3.05) is 5.32 Å². The smallest absolute Gasteiger partial charge is 0.251 e. The van der Waals surface area contributed by atoms with Gasteiger partial charge in [0, 0.05) is 28.5 Å². The van der Waals surface area contributed by atoms with E-state index in [9.17, 15) is 9.59 Å². The number of rotatable bonds is 7. The second-order valence-corrected chi connectivity index (χ2v) is 8.74. The number of benzene rings is 3. The van der Waals surface area contributed by atoms with E-state index in [0.717, 1.165) is 39.0 Å². The van der Waals surface area contributed by atoms with Gasteiger partial charge in [-0.3, -0.25) is 19.6 Å². The second kappa shape index (κ2) is 10.8. The molecule has 0 unspecified atom stereocenters. The molecule has 0 saturated carbocycles. The first-order chi connectivity index (χ1) is 18.1. The molecule has 5 rings (SSSR count). The van der Waals surface area contributed by atoms with E-state index < -0.39 is 0 Å². The van der Waals surface area contributed by atoms with Gasteiger partial charge in [-0.05, 0) is 60.0 Å². The molecule has 0 aliphatic heterocycles. The van der Waals surface area contributed by atoms with Gasteiger partial charge in [-0.2, -0.15) is 0 Å². The summed E-state index contributed by atoms with van der Waals surface area (Å²) in [5.41, 5.74) is 6.44. The summed E-state index contributed by atoms with van der Waals surface area (Å²) in [5.74, 6) is -0.411. The van der Waals surface area contributed by atoms with Gasteiger partial charge in [0.05, 0.1) is 24.2 Å². The molecule has 0 atom stereocenters. The van der Waals surface area contributed by atoms with Crippen molar-refractivity contribution in [2.24, 2.45) is 0 Å². The molecule has 0 spiro atoms. The van der Waals surface area contributed by atoms with Gasteiger partial charge >= 0.3 is 0 Å². The van der Waals surface area contributed by atoms with Gasteiger partial charge in [0.15, 0.2) is 0 Å². The number of nitrogens with one attached hydrogen (secondary N) is 2. The number of aryl methyl sites for hydroxylation is 1. The van der Waals surface area contributed by atoms with Gasteiger partial charge in [0.2, 0.25) is 5.91 Å². The predicted octanol–water partition coefficient (Wildman–Crippen LogP) is 5.72. The van der Waals surface area contributed by atoms with Crippen molar-refractivity contribution in [3.05, 3.63) is 126 Å². The van der Waals surface area contributed by atoms with Crippen LogP contribution < -0.4 is 10.6 Å². The van der Waals surface area contributed by atoms with E-state index in [1.807, 2.05) is 67.6 Å². The summed E-state index contributed by atoms with van der Waals surface area (Å²) in [6, 6.07) is 30.5. The summed E-state index contributed by atoms with van der Waals surface area (Å²) in [6.45, 7) is 2.26. The molecule has 3 aromatic carbocycles. The number of para-hydroxylation sites is 1. The summed E-state index contributed by atoms with van der Waals surface area (Å²) < 4.78 is 0. The van der Waals surface area contributed by atoms with Crippen molar-refractivity contribution in [1.82, 2.24) is 15.3 Å². The Morgan fingerprint density at radius 1 is 0.838 bits per heavy atom. The van der Waals surface area contributed by atoms with E-state index in [0.29, 0.717) is 17.8 Å². The van der Waals surface area contributed by atoms with E-state index in [4.69, 9.17) is 4.98 Å². The maximum atomic E-state index is 13.2. The number of anilines is 1. The average molecular weight is 487 g/mol. The highest BCUT2D eigenvalue weighted by molar-refractivity contribution is 6.01. The van der Waals surface area contributed by atoms with Crippen LogP contribution in [0.15, 0.2) is 103 Å². The highest BCUT2D eigenvalue weighted by Crippen LogP contribution is 2.33. The molecule has 0 aliphatic rings. The van der Waals surface area contributed by atoms with E-state index in [-0.39, 0.29) is 18.2 Å². The lowest BCUT2D eigenvalue weighted by Gasteiger charge is -2.16. The van der Waals surface area contributed by atoms with E-state index in [1.54, 1.807) is 30.5 Å². The minimum atomic E-state index is -0.234. The molecule has 182 valence electrons. The number of amides is 2. The van der Waals surface area contributed by atoms with E-state index in [2.05, 4.69) is 27.8 Å². The van der Waals surface area contributed by atoms with Crippen LogP contribution >= 0.6 is 0 Å². The molecule has 2 amide bonds. The lowest BCUT2D eigenvalue weighted by molar-refractivity contribution is -0.115. The Kier molecular flexibility index (Phi) is 6.99. The van der Waals surface area contributed by atoms with Crippen molar-refractivity contribution in [3.63, 3.8) is 0 Å². The Balaban J connectivity index is 1.36. The first-order valence-electron chi connectivity index (χ1n) is 12.1. The highest BCUT2D eigenvalue weighted by atomic mass is 16.2. The Labute approximate surface area is 215 Å². The predicted molar refractivity (Wildman–Crippen MR) is 146 cm³/mol. The zero-order chi connectivity index (χ0) is 25.6. The maximum absolute atomic E-state index is 13.2. The quantitative estimate of drug-likeness (QED) is 0.308. The number of hydrogen-bond acceptors (Lipinski definition) is 4. The fourth-order valence-electron chi connectivity index (χ4n) is 4.40. The number of aromatic nitrogens is 2. The number of carbonyl (C=O) groups is 2. The Morgan fingerprint density at radius 2 is 1.62 bits per heavy atom. The molecule has 5 aromatic rings. The van der Waals surface area contributed by atoms with Gasteiger partial charge in [-0.1, -0.05) is 60.7 Å². The molecule has 6 heteroatoms. The third kappa shape index (κ3) is 5.54. The van der Waals surface area contributed by atoms with Crippen molar-refractivity contribution >= 4 is 28.4 Å². The minimum Gasteiger partial charge on any atom is -0.346 e. The van der Waals surface area contributed by atoms with Crippen LogP contribution in [0.5, 0.6) is 0 Å². The molecule has 0 aliphatic carbocycles. The number of pyridine rings is 2. The molecule has 37 heavy (non-hydrogen) atoms. The van der Waals surface area contributed by atoms with Gasteiger partial charge in [0.25, 0.3) is 5.91 Å². The Morgan fingerprint density at radius 3 is 2.43 bits per heavy atom. The van der Waals surface area contributed by atoms with Crippen molar-refractivity contribution < 1.29 is 9.59 Å². The molecular formula is C31H26N4O2. The first-order valence-corrected chi connectivity index (χ1v) is 12.1. The number of hydrogen-bond donors (Lipinski definition) is 2. The second-order valence-electron chi connectivity index (χ2n) is 8.74. The lowest BCUT2D eigenvalue weighted by atomic mass is 9.92. The van der Waals surface area contributed by atoms with E-state index >= 15 is 0 Å². The molecule has 2 heterocycles. The maximum Gasteiger partial charge on any atom is 0.251 e. The SMILES string of the molecule is Cc1nc2ccccc2c(-c2ccccc2)c1CC(=O)Nc1cccc(C(=O)NCc2ccccn2)c1. The summed E-state index contributed by atoms with van der Waals surface area (Å²) in [6.07, 6.45) is 1.84. The zero-order valence-corrected chi connectivity index (χ0v) is 20.4. The molecular weight excluding hydrogens is 460 g/mol. The van der Waals surface area contributed by atoms with Crippen LogP contribution in [0.1, 0.15) is 27.3 Å². The monoisotopic (exact) mass is 486 g/mol. The number of fused-ring (bicyclic) bond motifs is 1. The van der Waals surface area contributed by atoms with Crippen LogP contribution in [0.25, 0.3) is 22.0 Å². The first kappa shape index (κ1) is 23.9. The molecule has 0 saturated heterocycles. The third-order valence-corrected chi connectivity index (χ3v) is 6.16. The fourth-order valence-corrected chi connectivity index (χ4v) is 4.40. The van der Waals surface area contributed by atoms with Crippen LogP contribution in [-0.4, -0.2) is 21.8 Å². The normalized spacial score (nSPS) is 10.7. The fraction of sp³-hybridized carbons (Fsp3) is 0.0968. The van der Waals surface area contributed by atoms with Crippen molar-refractivity contribution in [2.45, 2.75) is 19.9 Å². The van der Waals surface area contributed by atoms with Gasteiger partial charge < -0.3 is 10.6 Å². The minimum absolute atomic E-state index is 0.157. The Bertz CT molecular complexity index is 1570. The number of carbonyl (C=O) groups excluding carboxylic acids is 2. The highest BCUT2D eigenvalue weighted by Gasteiger charge is 2.17. The largest absolute Gasteiger partial charge is 0.346 e. The molecule has 2 N–H and O–H groups in total. The van der Waals surface area contributed by atoms with Crippen LogP contribution in [0, 0.1) is 6.92 Å². The van der Waals surface area contributed by atoms with Crippen LogP contribution in [-0.2, 0) is 17.8 Å². The molecule has 0 bridgehead atoms. The summed E-state index contributed by atoms with van der Waals surface area (Å²) >= 11 is 0. The molecule has 6 nitrogen and oxygen atoms in total. The average Bonchev–Trinajstić information content (AvgIpc) is 2.93. The van der Waals surface area contributed by atoms with Crippen LogP contribution in [0.2, 0.25) is 0 Å². The summed E-state index contributed by atoms with van der Waals surface area (Å²) in [5, 5.41) is 6.83. The van der Waals surface area contributed by atoms with Gasteiger partial charge in [-0.25, -0.2) is 0 Å². The van der Waals surface area contributed by atoms with Crippen LogP contribution in [0.4, 0.5) is 5.69 Å². The summed E-state index contributed by atoms with van der Waals surface area (Å²) in [7, 11) is 0. The lowest BCUT2D eigenvalue weighted by Crippen LogP contribution is -2.23. The third-order valence-electron chi connectivity index (χ3n) is 6.16. The Hall–Kier alpha value is -4.84. The van der Waals surface area contributed by atoms with Gasteiger partial charge in [0.1, 0.15) is 0 Å². The molecule has 0 fully saturated rings. The van der Waals surface area contributed by atoms with Crippen molar-refractivity contribution in [1.29, 1.82) is 0 Å². The van der Waals surface area contributed by atoms with Crippen LogP contribution in [0.3, 0.4) is 0 Å². The summed E-state index contributed by atoms with van der Waals surface area (Å²) in [4.78, 5) is 34.8. The zero-order valence-electron chi connectivity index (χ0n) is 20.4. The molecule has 0 radical (unpaired) electrons. The number of nitrogens with zero attached hydrogens (tertiary/aromatic N) is 2. The standard InChI is InChI=1S/C31H26N4O2/c1-21-27(30(22-10-3-2-4-11-22)26-15-5-6-16-28(26)34-21)19-29(36)35-24-14-9-12-23(18-24)31(37)33-20-25-13-7-8-17-32-25/h2-18H,19-20H2,1H3,(H,33,37)(H,35,36). The molecule has 2 aromatic heterocycles. The van der Waals surface area contributed by atoms with Crippen molar-refractivity contribution in [3.8, 4) is 11.1 Å². The van der Waals surface area contributed by atoms with Gasteiger partial charge in [-0.15, -0.1) is 0 Å².